The number of rotatable bonds is 8. The molecule has 3 heterocycles. The molecule has 0 fully saturated rings. The van der Waals surface area contributed by atoms with Crippen molar-refractivity contribution < 1.29 is 20.1 Å². The molecule has 0 saturated heterocycles. The summed E-state index contributed by atoms with van der Waals surface area (Å²) in [5.41, 5.74) is 14.3. The van der Waals surface area contributed by atoms with Gasteiger partial charge in [-0.2, -0.15) is 0 Å². The number of thiophene rings is 1. The van der Waals surface area contributed by atoms with Crippen LogP contribution in [0.5, 0.6) is 0 Å². The third-order valence-corrected chi connectivity index (χ3v) is 14.1. The predicted octanol–water partition coefficient (Wildman–Crippen LogP) is 14.6. The Morgan fingerprint density at radius 1 is 0.750 bits per heavy atom. The summed E-state index contributed by atoms with van der Waals surface area (Å²) in [5, 5.41) is 8.87. The van der Waals surface area contributed by atoms with Crippen molar-refractivity contribution in [1.82, 2.24) is 14.5 Å². The topological polar surface area (TPSA) is 30.7 Å². The molecule has 0 aliphatic carbocycles. The molecule has 305 valence electrons. The predicted molar refractivity (Wildman–Crippen MR) is 257 cm³/mol. The number of hydrogen-bond donors (Lipinski definition) is 0. The van der Waals surface area contributed by atoms with Crippen molar-refractivity contribution in [2.75, 3.05) is 0 Å². The molecule has 6 aromatic carbocycles. The minimum absolute atomic E-state index is 0. The normalized spacial score (nSPS) is 11.7. The van der Waals surface area contributed by atoms with E-state index in [1.807, 2.05) is 18.2 Å². The molecule has 0 spiro atoms. The van der Waals surface area contributed by atoms with Crippen LogP contribution in [0.4, 0.5) is 0 Å². The Labute approximate surface area is 375 Å². The van der Waals surface area contributed by atoms with Crippen molar-refractivity contribution in [3.8, 4) is 39.5 Å². The monoisotopic (exact) mass is 996 g/mol. The standard InChI is InChI=1S/C36H29N2S.C18H24NSi.Ir/c1-22(2)26-14-15-27-19-30-31(21-39-34(30)20-28(27)18-26)36-37-32-12-8-9-13-33(32)38(36)29-16-23(3)35(24(4)17-29)25-10-6-5-7-11-25;1-14(2)11-16-12-17(15-9-7-6-8-10-15)19-13-18(16)20(3,4)5;/h5-20,22H,1-4H3;6-9,12-14H,11H2,1-5H3;/q2*-1;. The second kappa shape index (κ2) is 17.9. The van der Waals surface area contributed by atoms with Gasteiger partial charge in [-0.25, -0.2) is 0 Å². The van der Waals surface area contributed by atoms with Crippen LogP contribution in [0.3, 0.4) is 0 Å². The third-order valence-electron chi connectivity index (χ3n) is 11.2. The first kappa shape index (κ1) is 43.1. The first-order chi connectivity index (χ1) is 28.4. The summed E-state index contributed by atoms with van der Waals surface area (Å²) < 4.78 is 3.55. The molecule has 3 nitrogen and oxygen atoms in total. The maximum absolute atomic E-state index is 5.18. The van der Waals surface area contributed by atoms with Crippen LogP contribution >= 0.6 is 11.3 Å². The zero-order chi connectivity index (χ0) is 41.4. The van der Waals surface area contributed by atoms with Crippen molar-refractivity contribution in [2.24, 2.45) is 5.92 Å². The van der Waals surface area contributed by atoms with Gasteiger partial charge in [0.15, 0.2) is 0 Å². The molecular formula is C54H53IrN3SSi-2. The molecule has 0 aliphatic rings. The molecule has 0 unspecified atom stereocenters. The maximum Gasteiger partial charge on any atom is 0.0798 e. The van der Waals surface area contributed by atoms with Crippen LogP contribution in [-0.4, -0.2) is 22.6 Å². The summed E-state index contributed by atoms with van der Waals surface area (Å²) in [6.07, 6.45) is 3.24. The number of pyridine rings is 1. The Balaban J connectivity index is 0.000000220. The van der Waals surface area contributed by atoms with E-state index in [-0.39, 0.29) is 20.1 Å². The Bertz CT molecular complexity index is 2900. The van der Waals surface area contributed by atoms with E-state index in [2.05, 4.69) is 198 Å². The smallest absolute Gasteiger partial charge is 0.0798 e. The SMILES string of the molecule is CC(C)Cc1cc(-c2[c-]cccc2)ncc1[Si](C)(C)C.Cc1cc(-n2c(-c3[c-]sc4cc5cc(C(C)C)ccc5cc34)nc3ccccc32)cc(C)c1-c1ccccc1.[Ir]. The van der Waals surface area contributed by atoms with Crippen molar-refractivity contribution in [3.63, 3.8) is 0 Å². The second-order valence-corrected chi connectivity index (χ2v) is 23.5. The molecule has 0 aliphatic heterocycles. The fourth-order valence-electron chi connectivity index (χ4n) is 8.33. The van der Waals surface area contributed by atoms with Gasteiger partial charge >= 0.3 is 0 Å². The van der Waals surface area contributed by atoms with Crippen LogP contribution < -0.4 is 5.19 Å². The summed E-state index contributed by atoms with van der Waals surface area (Å²) in [5.74, 6) is 2.11. The van der Waals surface area contributed by atoms with Gasteiger partial charge in [-0.1, -0.05) is 147 Å². The molecule has 60 heavy (non-hydrogen) atoms. The molecule has 0 saturated carbocycles. The van der Waals surface area contributed by atoms with Gasteiger partial charge in [-0.05, 0) is 106 Å². The fraction of sp³-hybridized carbons (Fsp3) is 0.222. The zero-order valence-corrected chi connectivity index (χ0v) is 40.4. The van der Waals surface area contributed by atoms with Gasteiger partial charge in [-0.3, -0.25) is 16.3 Å². The summed E-state index contributed by atoms with van der Waals surface area (Å²) in [4.78, 5) is 9.86. The van der Waals surface area contributed by atoms with Gasteiger partial charge in [0.25, 0.3) is 0 Å². The van der Waals surface area contributed by atoms with E-state index in [0.717, 1.165) is 45.8 Å². The van der Waals surface area contributed by atoms with Crippen LogP contribution in [0.25, 0.3) is 71.4 Å². The van der Waals surface area contributed by atoms with Crippen LogP contribution in [0, 0.1) is 31.2 Å². The van der Waals surface area contributed by atoms with Crippen LogP contribution in [0.1, 0.15) is 55.9 Å². The largest absolute Gasteiger partial charge is 0.333 e. The molecule has 9 rings (SSSR count). The van der Waals surface area contributed by atoms with E-state index >= 15 is 0 Å². The molecule has 3 aromatic heterocycles. The van der Waals surface area contributed by atoms with Gasteiger partial charge in [0.1, 0.15) is 0 Å². The maximum atomic E-state index is 5.18. The Kier molecular flexibility index (Phi) is 12.9. The molecule has 9 aromatic rings. The third kappa shape index (κ3) is 8.90. The number of para-hydroxylation sites is 2. The molecule has 6 heteroatoms. The summed E-state index contributed by atoms with van der Waals surface area (Å²) in [7, 11) is -1.34. The number of hydrogen-bond acceptors (Lipinski definition) is 3. The van der Waals surface area contributed by atoms with Crippen molar-refractivity contribution >= 4 is 56.5 Å². The molecular weight excluding hydrogens is 943 g/mol. The summed E-state index contributed by atoms with van der Waals surface area (Å²) in [6.45, 7) is 20.6. The molecule has 0 N–H and O–H groups in total. The Hall–Kier alpha value is -4.97. The van der Waals surface area contributed by atoms with Crippen LogP contribution in [-0.2, 0) is 26.5 Å². The molecule has 1 radical (unpaired) electrons. The number of imidazole rings is 1. The van der Waals surface area contributed by atoms with Crippen molar-refractivity contribution in [1.29, 1.82) is 0 Å². The van der Waals surface area contributed by atoms with E-state index in [0.29, 0.717) is 11.8 Å². The molecule has 0 atom stereocenters. The number of aryl methyl sites for hydroxylation is 2. The van der Waals surface area contributed by atoms with Gasteiger partial charge in [0, 0.05) is 32.0 Å². The van der Waals surface area contributed by atoms with Crippen molar-refractivity contribution in [2.45, 2.75) is 73.5 Å². The molecule has 0 bridgehead atoms. The fourth-order valence-corrected chi connectivity index (χ4v) is 10.8. The summed E-state index contributed by atoms with van der Waals surface area (Å²) in [6, 6.07) is 48.8. The first-order valence-electron chi connectivity index (χ1n) is 20.8. The zero-order valence-electron chi connectivity index (χ0n) is 36.1. The van der Waals surface area contributed by atoms with E-state index in [1.165, 1.54) is 59.4 Å². The number of nitrogens with zero attached hydrogens (tertiary/aromatic N) is 3. The Morgan fingerprint density at radius 2 is 1.47 bits per heavy atom. The number of benzene rings is 6. The minimum Gasteiger partial charge on any atom is -0.333 e. The van der Waals surface area contributed by atoms with Gasteiger partial charge in [0.05, 0.1) is 24.9 Å². The van der Waals surface area contributed by atoms with E-state index < -0.39 is 8.07 Å². The van der Waals surface area contributed by atoms with E-state index in [4.69, 9.17) is 4.98 Å². The van der Waals surface area contributed by atoms with Gasteiger partial charge in [-0.15, -0.1) is 41.3 Å². The van der Waals surface area contributed by atoms with Crippen LogP contribution in [0.15, 0.2) is 134 Å². The number of fused-ring (bicyclic) bond motifs is 3. The molecule has 0 amide bonds. The minimum atomic E-state index is -1.34. The average Bonchev–Trinajstić information content (AvgIpc) is 3.81. The van der Waals surface area contributed by atoms with Crippen molar-refractivity contribution in [3.05, 3.63) is 167 Å². The summed E-state index contributed by atoms with van der Waals surface area (Å²) >= 11 is 1.68. The quantitative estimate of drug-likeness (QED) is 0.112. The second-order valence-electron chi connectivity index (χ2n) is 17.6. The average molecular weight is 996 g/mol. The van der Waals surface area contributed by atoms with Gasteiger partial charge in [0.2, 0.25) is 0 Å². The first-order valence-corrected chi connectivity index (χ1v) is 25.2. The van der Waals surface area contributed by atoms with E-state index in [1.54, 1.807) is 11.3 Å². The number of aromatic nitrogens is 3. The Morgan fingerprint density at radius 3 is 2.15 bits per heavy atom. The van der Waals surface area contributed by atoms with Crippen LogP contribution in [0.2, 0.25) is 19.6 Å². The van der Waals surface area contributed by atoms with E-state index in [9.17, 15) is 0 Å². The van der Waals surface area contributed by atoms with Gasteiger partial charge < -0.3 is 9.55 Å².